The van der Waals surface area contributed by atoms with E-state index in [4.69, 9.17) is 9.47 Å². The zero-order valence-corrected chi connectivity index (χ0v) is 9.67. The Morgan fingerprint density at radius 3 is 3.00 bits per heavy atom. The first-order valence-electron chi connectivity index (χ1n) is 6.14. The van der Waals surface area contributed by atoms with Gasteiger partial charge in [0.05, 0.1) is 0 Å². The molecule has 2 aliphatic heterocycles. The molecule has 0 spiro atoms. The van der Waals surface area contributed by atoms with E-state index in [0.717, 1.165) is 24.9 Å². The van der Waals surface area contributed by atoms with Gasteiger partial charge in [-0.1, -0.05) is 0 Å². The number of hydrogen-bond acceptors (Lipinski definition) is 3. The molecular weight excluding hydrogens is 221 g/mol. The molecule has 0 aliphatic carbocycles. The molecule has 1 atom stereocenters. The van der Waals surface area contributed by atoms with Crippen molar-refractivity contribution in [3.8, 4) is 11.5 Å². The molecule has 1 N–H and O–H groups in total. The Morgan fingerprint density at radius 1 is 1.29 bits per heavy atom. The van der Waals surface area contributed by atoms with E-state index in [0.29, 0.717) is 25.0 Å². The molecule has 0 amide bonds. The minimum Gasteiger partial charge on any atom is -0.486 e. The third kappa shape index (κ3) is 2.22. The van der Waals surface area contributed by atoms with Crippen LogP contribution >= 0.6 is 0 Å². The Bertz CT molecular complexity index is 416. The fourth-order valence-electron chi connectivity index (χ4n) is 2.50. The molecule has 1 aromatic carbocycles. The maximum absolute atomic E-state index is 13.8. The Balaban J connectivity index is 1.82. The van der Waals surface area contributed by atoms with Crippen LogP contribution < -0.4 is 14.8 Å². The van der Waals surface area contributed by atoms with E-state index >= 15 is 0 Å². The van der Waals surface area contributed by atoms with Crippen molar-refractivity contribution in [2.24, 2.45) is 0 Å². The molecule has 0 saturated carbocycles. The van der Waals surface area contributed by atoms with Crippen LogP contribution in [0.15, 0.2) is 12.1 Å². The lowest BCUT2D eigenvalue weighted by Crippen LogP contribution is -2.24. The van der Waals surface area contributed by atoms with Crippen molar-refractivity contribution in [3.63, 3.8) is 0 Å². The zero-order chi connectivity index (χ0) is 11.7. The summed E-state index contributed by atoms with van der Waals surface area (Å²) < 4.78 is 24.5. The van der Waals surface area contributed by atoms with E-state index in [-0.39, 0.29) is 11.6 Å². The maximum atomic E-state index is 13.8. The molecule has 3 nitrogen and oxygen atoms in total. The molecule has 0 aromatic heterocycles. The summed E-state index contributed by atoms with van der Waals surface area (Å²) >= 11 is 0. The van der Waals surface area contributed by atoms with Gasteiger partial charge in [0.25, 0.3) is 0 Å². The van der Waals surface area contributed by atoms with Crippen LogP contribution in [0.3, 0.4) is 0 Å². The van der Waals surface area contributed by atoms with E-state index in [1.807, 2.05) is 6.07 Å². The first-order valence-corrected chi connectivity index (χ1v) is 6.14. The van der Waals surface area contributed by atoms with Gasteiger partial charge in [-0.15, -0.1) is 0 Å². The highest BCUT2D eigenvalue weighted by Crippen LogP contribution is 2.34. The van der Waals surface area contributed by atoms with Gasteiger partial charge in [-0.25, -0.2) is 4.39 Å². The predicted octanol–water partition coefficient (Wildman–Crippen LogP) is 1.89. The van der Waals surface area contributed by atoms with Crippen LogP contribution in [0.1, 0.15) is 18.4 Å². The number of benzene rings is 1. The number of rotatable bonds is 2. The second kappa shape index (κ2) is 4.53. The zero-order valence-electron chi connectivity index (χ0n) is 9.67. The highest BCUT2D eigenvalue weighted by molar-refractivity contribution is 5.45. The van der Waals surface area contributed by atoms with Crippen LogP contribution in [-0.2, 0) is 6.42 Å². The summed E-state index contributed by atoms with van der Waals surface area (Å²) in [6.45, 7) is 1.99. The van der Waals surface area contributed by atoms with E-state index in [2.05, 4.69) is 5.32 Å². The summed E-state index contributed by atoms with van der Waals surface area (Å²) in [6, 6.07) is 3.93. The Kier molecular flexibility index (Phi) is 2.89. The van der Waals surface area contributed by atoms with E-state index in [9.17, 15) is 4.39 Å². The first kappa shape index (κ1) is 10.8. The summed E-state index contributed by atoms with van der Waals surface area (Å²) in [5.41, 5.74) is 0.978. The average Bonchev–Trinajstić information content (AvgIpc) is 2.82. The number of nitrogens with one attached hydrogen (secondary N) is 1. The van der Waals surface area contributed by atoms with Gasteiger partial charge in [-0.2, -0.15) is 0 Å². The van der Waals surface area contributed by atoms with Gasteiger partial charge in [0, 0.05) is 6.04 Å². The molecule has 4 heteroatoms. The second-order valence-electron chi connectivity index (χ2n) is 4.60. The van der Waals surface area contributed by atoms with E-state index in [1.54, 1.807) is 6.07 Å². The van der Waals surface area contributed by atoms with Crippen molar-refractivity contribution in [2.45, 2.75) is 25.3 Å². The Hall–Kier alpha value is -1.29. The van der Waals surface area contributed by atoms with Gasteiger partial charge in [0.1, 0.15) is 13.2 Å². The van der Waals surface area contributed by atoms with Crippen molar-refractivity contribution in [1.82, 2.24) is 5.32 Å². The number of fused-ring (bicyclic) bond motifs is 1. The Morgan fingerprint density at radius 2 is 2.18 bits per heavy atom. The summed E-state index contributed by atoms with van der Waals surface area (Å²) in [4.78, 5) is 0. The van der Waals surface area contributed by atoms with Crippen LogP contribution in [0.2, 0.25) is 0 Å². The van der Waals surface area contributed by atoms with Crippen molar-refractivity contribution in [1.29, 1.82) is 0 Å². The SMILES string of the molecule is Fc1cc(CC2CCCN2)cc2c1OCCO2. The first-order chi connectivity index (χ1) is 8.33. The summed E-state index contributed by atoms with van der Waals surface area (Å²) in [5, 5.41) is 3.41. The van der Waals surface area contributed by atoms with Gasteiger partial charge in [0.2, 0.25) is 0 Å². The largest absolute Gasteiger partial charge is 0.486 e. The van der Waals surface area contributed by atoms with Gasteiger partial charge in [-0.3, -0.25) is 0 Å². The minimum atomic E-state index is -0.310. The van der Waals surface area contributed by atoms with Crippen LogP contribution in [0.5, 0.6) is 11.5 Å². The average molecular weight is 237 g/mol. The maximum Gasteiger partial charge on any atom is 0.197 e. The molecule has 2 heterocycles. The molecule has 0 radical (unpaired) electrons. The third-order valence-corrected chi connectivity index (χ3v) is 3.30. The van der Waals surface area contributed by atoms with Crippen LogP contribution in [-0.4, -0.2) is 25.8 Å². The summed E-state index contributed by atoms with van der Waals surface area (Å²) in [6.07, 6.45) is 3.22. The highest BCUT2D eigenvalue weighted by Gasteiger charge is 2.20. The Labute approximate surface area is 99.9 Å². The van der Waals surface area contributed by atoms with Crippen molar-refractivity contribution in [3.05, 3.63) is 23.5 Å². The number of ether oxygens (including phenoxy) is 2. The third-order valence-electron chi connectivity index (χ3n) is 3.30. The summed E-state index contributed by atoms with van der Waals surface area (Å²) in [5.74, 6) is 0.499. The molecule has 0 bridgehead atoms. The molecule has 1 fully saturated rings. The molecule has 3 rings (SSSR count). The fraction of sp³-hybridized carbons (Fsp3) is 0.538. The van der Waals surface area contributed by atoms with Gasteiger partial charge in [0.15, 0.2) is 17.3 Å². The topological polar surface area (TPSA) is 30.5 Å². The molecule has 1 aromatic rings. The smallest absolute Gasteiger partial charge is 0.197 e. The van der Waals surface area contributed by atoms with Gasteiger partial charge < -0.3 is 14.8 Å². The summed E-state index contributed by atoms with van der Waals surface area (Å²) in [7, 11) is 0. The van der Waals surface area contributed by atoms with E-state index in [1.165, 1.54) is 6.42 Å². The molecule has 1 unspecified atom stereocenters. The second-order valence-corrected chi connectivity index (χ2v) is 4.60. The number of halogens is 1. The number of hydrogen-bond donors (Lipinski definition) is 1. The fourth-order valence-corrected chi connectivity index (χ4v) is 2.50. The van der Waals surface area contributed by atoms with Crippen LogP contribution in [0.4, 0.5) is 4.39 Å². The standard InChI is InChI=1S/C13H16FNO2/c14-11-7-9(6-10-2-1-3-15-10)8-12-13(11)17-5-4-16-12/h7-8,10,15H,1-6H2. The van der Waals surface area contributed by atoms with Crippen molar-refractivity contribution >= 4 is 0 Å². The molecule has 17 heavy (non-hydrogen) atoms. The van der Waals surface area contributed by atoms with E-state index < -0.39 is 0 Å². The van der Waals surface area contributed by atoms with Gasteiger partial charge >= 0.3 is 0 Å². The lowest BCUT2D eigenvalue weighted by molar-refractivity contribution is 0.164. The monoisotopic (exact) mass is 237 g/mol. The van der Waals surface area contributed by atoms with Crippen LogP contribution in [0, 0.1) is 5.82 Å². The van der Waals surface area contributed by atoms with Crippen molar-refractivity contribution < 1.29 is 13.9 Å². The predicted molar refractivity (Wildman–Crippen MR) is 62.1 cm³/mol. The molecular formula is C13H16FNO2. The minimum absolute atomic E-state index is 0.263. The highest BCUT2D eigenvalue weighted by atomic mass is 19.1. The molecule has 1 saturated heterocycles. The lowest BCUT2D eigenvalue weighted by atomic mass is 10.0. The molecule has 92 valence electrons. The normalized spacial score (nSPS) is 22.8. The molecule has 2 aliphatic rings. The lowest BCUT2D eigenvalue weighted by Gasteiger charge is -2.20. The van der Waals surface area contributed by atoms with Gasteiger partial charge in [-0.05, 0) is 43.5 Å². The van der Waals surface area contributed by atoms with Crippen molar-refractivity contribution in [2.75, 3.05) is 19.8 Å². The quantitative estimate of drug-likeness (QED) is 0.852. The van der Waals surface area contributed by atoms with Crippen LogP contribution in [0.25, 0.3) is 0 Å².